The molecular weight excluding hydrogens is 258 g/mol. The van der Waals surface area contributed by atoms with Gasteiger partial charge in [-0.15, -0.1) is 0 Å². The molecule has 0 amide bonds. The van der Waals surface area contributed by atoms with E-state index in [2.05, 4.69) is 15.9 Å². The fraction of sp³-hybridized carbons (Fsp3) is 0.364. The van der Waals surface area contributed by atoms with Crippen molar-refractivity contribution >= 4 is 21.9 Å². The number of aliphatic carboxylic acids is 1. The molecule has 0 aliphatic rings. The van der Waals surface area contributed by atoms with Crippen LogP contribution in [0.1, 0.15) is 24.0 Å². The van der Waals surface area contributed by atoms with Gasteiger partial charge >= 0.3 is 5.97 Å². The van der Waals surface area contributed by atoms with E-state index in [9.17, 15) is 4.79 Å². The second-order valence-electron chi connectivity index (χ2n) is 3.66. The molecule has 0 bridgehead atoms. The van der Waals surface area contributed by atoms with Crippen LogP contribution in [0, 0.1) is 6.92 Å². The first-order valence-corrected chi connectivity index (χ1v) is 5.47. The quantitative estimate of drug-likeness (QED) is 0.887. The maximum atomic E-state index is 10.7. The van der Waals surface area contributed by atoms with Gasteiger partial charge in [-0.3, -0.25) is 4.79 Å². The van der Waals surface area contributed by atoms with E-state index in [4.69, 9.17) is 10.8 Å². The van der Waals surface area contributed by atoms with Crippen molar-refractivity contribution in [3.8, 4) is 0 Å². The number of nitrogens with two attached hydrogens (primary N) is 1. The number of hydrogen-bond acceptors (Lipinski definition) is 2. The minimum Gasteiger partial charge on any atom is -0.480 e. The number of carbonyl (C=O) groups is 1. The van der Waals surface area contributed by atoms with E-state index >= 15 is 0 Å². The topological polar surface area (TPSA) is 63.3 Å². The summed E-state index contributed by atoms with van der Waals surface area (Å²) in [6.45, 7) is 3.80. The van der Waals surface area contributed by atoms with Crippen LogP contribution >= 0.6 is 15.9 Å². The fourth-order valence-electron chi connectivity index (χ4n) is 1.31. The van der Waals surface area contributed by atoms with Gasteiger partial charge < -0.3 is 10.8 Å². The van der Waals surface area contributed by atoms with Crippen molar-refractivity contribution in [3.05, 3.63) is 33.8 Å². The molecule has 82 valence electrons. The van der Waals surface area contributed by atoms with E-state index < -0.39 is 12.0 Å². The summed E-state index contributed by atoms with van der Waals surface area (Å²) in [5, 5.41) is 8.80. The highest BCUT2D eigenvalue weighted by Crippen LogP contribution is 2.24. The molecule has 0 aliphatic carbocycles. The van der Waals surface area contributed by atoms with Gasteiger partial charge in [-0.2, -0.15) is 0 Å². The molecule has 0 aliphatic heterocycles. The number of carboxylic acid groups (broad SMARTS) is 1. The zero-order chi connectivity index (χ0) is 11.6. The Morgan fingerprint density at radius 2 is 2.13 bits per heavy atom. The first kappa shape index (κ1) is 12.2. The Hall–Kier alpha value is -0.870. The third-order valence-corrected chi connectivity index (χ3v) is 3.40. The lowest BCUT2D eigenvalue weighted by atomic mass is 9.93. The monoisotopic (exact) mass is 271 g/mol. The molecule has 0 saturated carbocycles. The van der Waals surface area contributed by atoms with Crippen LogP contribution in [0.3, 0.4) is 0 Å². The number of rotatable bonds is 3. The number of hydrogen-bond donors (Lipinski definition) is 2. The summed E-state index contributed by atoms with van der Waals surface area (Å²) in [4.78, 5) is 10.7. The molecule has 0 radical (unpaired) electrons. The Bertz CT molecular complexity index is 379. The lowest BCUT2D eigenvalue weighted by molar-refractivity contribution is -0.139. The van der Waals surface area contributed by atoms with Gasteiger partial charge in [-0.25, -0.2) is 0 Å². The predicted molar refractivity (Wildman–Crippen MR) is 62.9 cm³/mol. The predicted octanol–water partition coefficient (Wildman–Crippen LogP) is 2.27. The molecule has 1 aromatic carbocycles. The number of carboxylic acids is 1. The van der Waals surface area contributed by atoms with Crippen molar-refractivity contribution in [2.45, 2.75) is 25.8 Å². The molecule has 3 N–H and O–H groups in total. The van der Waals surface area contributed by atoms with E-state index in [1.807, 2.05) is 32.0 Å². The van der Waals surface area contributed by atoms with E-state index in [1.165, 1.54) is 0 Å². The third kappa shape index (κ3) is 2.79. The summed E-state index contributed by atoms with van der Waals surface area (Å²) in [5.41, 5.74) is 7.62. The molecule has 0 fully saturated rings. The van der Waals surface area contributed by atoms with Crippen molar-refractivity contribution in [2.75, 3.05) is 0 Å². The summed E-state index contributed by atoms with van der Waals surface area (Å²) in [6, 6.07) is 4.92. The van der Waals surface area contributed by atoms with Gasteiger partial charge in [-0.05, 0) is 24.1 Å². The fourth-order valence-corrected chi connectivity index (χ4v) is 1.71. The zero-order valence-corrected chi connectivity index (χ0v) is 10.3. The van der Waals surface area contributed by atoms with E-state index in [0.29, 0.717) is 0 Å². The van der Waals surface area contributed by atoms with Crippen LogP contribution < -0.4 is 5.73 Å². The van der Waals surface area contributed by atoms with Gasteiger partial charge in [-0.1, -0.05) is 35.0 Å². The van der Waals surface area contributed by atoms with Crippen molar-refractivity contribution < 1.29 is 9.90 Å². The molecule has 0 saturated heterocycles. The van der Waals surface area contributed by atoms with Crippen LogP contribution in [0.15, 0.2) is 22.7 Å². The average Bonchev–Trinajstić information content (AvgIpc) is 2.19. The second-order valence-corrected chi connectivity index (χ2v) is 4.52. The van der Waals surface area contributed by atoms with Crippen molar-refractivity contribution in [3.63, 3.8) is 0 Å². The van der Waals surface area contributed by atoms with E-state index in [1.54, 1.807) is 0 Å². The molecule has 2 atom stereocenters. The Kier molecular flexibility index (Phi) is 3.88. The third-order valence-electron chi connectivity index (χ3n) is 2.55. The maximum Gasteiger partial charge on any atom is 0.321 e. The highest BCUT2D eigenvalue weighted by Gasteiger charge is 2.21. The molecular formula is C11H14BrNO2. The smallest absolute Gasteiger partial charge is 0.321 e. The van der Waals surface area contributed by atoms with Gasteiger partial charge in [0.25, 0.3) is 0 Å². The Morgan fingerprint density at radius 1 is 1.53 bits per heavy atom. The van der Waals surface area contributed by atoms with Gasteiger partial charge in [0.2, 0.25) is 0 Å². The van der Waals surface area contributed by atoms with Crippen LogP contribution in [0.25, 0.3) is 0 Å². The van der Waals surface area contributed by atoms with E-state index in [0.717, 1.165) is 15.6 Å². The van der Waals surface area contributed by atoms with Gasteiger partial charge in [0.05, 0.1) is 0 Å². The summed E-state index contributed by atoms with van der Waals surface area (Å²) in [5.74, 6) is -1.17. The first-order chi connectivity index (χ1) is 6.93. The van der Waals surface area contributed by atoms with Gasteiger partial charge in [0, 0.05) is 10.4 Å². The summed E-state index contributed by atoms with van der Waals surface area (Å²) >= 11 is 3.41. The lowest BCUT2D eigenvalue weighted by Crippen LogP contribution is -2.35. The first-order valence-electron chi connectivity index (χ1n) is 4.68. The summed E-state index contributed by atoms with van der Waals surface area (Å²) in [7, 11) is 0. The van der Waals surface area contributed by atoms with Crippen molar-refractivity contribution in [1.82, 2.24) is 0 Å². The molecule has 0 heterocycles. The number of halogens is 1. The minimum absolute atomic E-state index is 0.195. The standard InChI is InChI=1S/C11H14BrNO2/c1-6-3-4-8(5-9(6)12)7(2)10(13)11(14)15/h3-5,7,10H,13H2,1-2H3,(H,14,15). The molecule has 1 aromatic rings. The van der Waals surface area contributed by atoms with Crippen LogP contribution in [0.2, 0.25) is 0 Å². The van der Waals surface area contributed by atoms with Crippen LogP contribution in [-0.4, -0.2) is 17.1 Å². The number of benzene rings is 1. The zero-order valence-electron chi connectivity index (χ0n) is 8.70. The Labute approximate surface area is 97.4 Å². The molecule has 0 spiro atoms. The van der Waals surface area contributed by atoms with Crippen LogP contribution in [-0.2, 0) is 4.79 Å². The molecule has 2 unspecified atom stereocenters. The minimum atomic E-state index is -0.973. The van der Waals surface area contributed by atoms with Crippen LogP contribution in [0.5, 0.6) is 0 Å². The summed E-state index contributed by atoms with van der Waals surface area (Å²) < 4.78 is 0.976. The number of aryl methyl sites for hydroxylation is 1. The summed E-state index contributed by atoms with van der Waals surface area (Å²) in [6.07, 6.45) is 0. The SMILES string of the molecule is Cc1ccc(C(C)C(N)C(=O)O)cc1Br. The average molecular weight is 272 g/mol. The molecule has 4 heteroatoms. The molecule has 1 rings (SSSR count). The maximum absolute atomic E-state index is 10.7. The second kappa shape index (κ2) is 4.77. The molecule has 15 heavy (non-hydrogen) atoms. The van der Waals surface area contributed by atoms with Crippen molar-refractivity contribution in [2.24, 2.45) is 5.73 Å². The van der Waals surface area contributed by atoms with E-state index in [-0.39, 0.29) is 5.92 Å². The van der Waals surface area contributed by atoms with Gasteiger partial charge in [0.15, 0.2) is 0 Å². The molecule has 3 nitrogen and oxygen atoms in total. The Morgan fingerprint density at radius 3 is 2.60 bits per heavy atom. The van der Waals surface area contributed by atoms with Crippen LogP contribution in [0.4, 0.5) is 0 Å². The normalized spacial score (nSPS) is 14.7. The molecule has 0 aromatic heterocycles. The largest absolute Gasteiger partial charge is 0.480 e. The Balaban J connectivity index is 2.96. The lowest BCUT2D eigenvalue weighted by Gasteiger charge is -2.17. The van der Waals surface area contributed by atoms with Gasteiger partial charge in [0.1, 0.15) is 6.04 Å². The van der Waals surface area contributed by atoms with Crippen molar-refractivity contribution in [1.29, 1.82) is 0 Å². The highest BCUT2D eigenvalue weighted by molar-refractivity contribution is 9.10. The highest BCUT2D eigenvalue weighted by atomic mass is 79.9.